The first kappa shape index (κ1) is 13.7. The molecular formula is C14H11FN2O3. The second-order valence-corrected chi connectivity index (χ2v) is 4.15. The second kappa shape index (κ2) is 5.48. The minimum Gasteiger partial charge on any atom is -0.478 e. The van der Waals surface area contributed by atoms with Crippen LogP contribution in [0.15, 0.2) is 36.7 Å². The van der Waals surface area contributed by atoms with Crippen molar-refractivity contribution in [2.24, 2.45) is 0 Å². The molecule has 0 fully saturated rings. The lowest BCUT2D eigenvalue weighted by Crippen LogP contribution is -2.16. The maximum absolute atomic E-state index is 13.0. The summed E-state index contributed by atoms with van der Waals surface area (Å²) in [6.07, 6.45) is 2.18. The van der Waals surface area contributed by atoms with Crippen LogP contribution in [0, 0.1) is 12.7 Å². The number of nitrogens with zero attached hydrogens (tertiary/aromatic N) is 1. The van der Waals surface area contributed by atoms with Gasteiger partial charge in [-0.1, -0.05) is 12.1 Å². The average molecular weight is 274 g/mol. The van der Waals surface area contributed by atoms with Crippen LogP contribution >= 0.6 is 0 Å². The number of aromatic carboxylic acids is 1. The molecule has 0 saturated heterocycles. The van der Waals surface area contributed by atoms with Crippen molar-refractivity contribution in [3.8, 4) is 0 Å². The third-order valence-electron chi connectivity index (χ3n) is 2.70. The van der Waals surface area contributed by atoms with Crippen LogP contribution in [0.25, 0.3) is 0 Å². The quantitative estimate of drug-likeness (QED) is 0.901. The summed E-state index contributed by atoms with van der Waals surface area (Å²) in [5, 5.41) is 11.6. The Hall–Kier alpha value is -2.76. The standard InChI is InChI=1S/C14H11FN2O3/c1-8-3-2-4-11(12(8)14(19)20)17-13(18)9-5-10(15)7-16-6-9/h2-7H,1H3,(H,17,18)(H,19,20). The van der Waals surface area contributed by atoms with E-state index in [9.17, 15) is 14.0 Å². The number of carboxylic acid groups (broad SMARTS) is 1. The third kappa shape index (κ3) is 2.80. The number of rotatable bonds is 3. The first-order valence-corrected chi connectivity index (χ1v) is 5.74. The predicted molar refractivity (Wildman–Crippen MR) is 70.3 cm³/mol. The van der Waals surface area contributed by atoms with Gasteiger partial charge in [-0.2, -0.15) is 0 Å². The molecule has 102 valence electrons. The molecule has 2 rings (SSSR count). The van der Waals surface area contributed by atoms with E-state index < -0.39 is 17.7 Å². The molecule has 1 aromatic carbocycles. The van der Waals surface area contributed by atoms with E-state index in [1.165, 1.54) is 12.3 Å². The number of pyridine rings is 1. The number of hydrogen-bond donors (Lipinski definition) is 2. The van der Waals surface area contributed by atoms with Crippen molar-refractivity contribution in [3.63, 3.8) is 0 Å². The summed E-state index contributed by atoms with van der Waals surface area (Å²) in [7, 11) is 0. The number of carbonyl (C=O) groups is 2. The number of hydrogen-bond acceptors (Lipinski definition) is 3. The van der Waals surface area contributed by atoms with Crippen LogP contribution in [0.4, 0.5) is 10.1 Å². The fourth-order valence-electron chi connectivity index (χ4n) is 1.79. The Morgan fingerprint density at radius 2 is 2.05 bits per heavy atom. The molecule has 1 heterocycles. The Morgan fingerprint density at radius 3 is 2.70 bits per heavy atom. The van der Waals surface area contributed by atoms with Gasteiger partial charge in [0.2, 0.25) is 0 Å². The number of nitrogens with one attached hydrogen (secondary N) is 1. The largest absolute Gasteiger partial charge is 0.478 e. The highest BCUT2D eigenvalue weighted by Crippen LogP contribution is 2.20. The summed E-state index contributed by atoms with van der Waals surface area (Å²) in [4.78, 5) is 26.7. The lowest BCUT2D eigenvalue weighted by molar-refractivity contribution is 0.0697. The zero-order valence-corrected chi connectivity index (χ0v) is 10.6. The van der Waals surface area contributed by atoms with E-state index in [1.807, 2.05) is 0 Å². The normalized spacial score (nSPS) is 10.1. The van der Waals surface area contributed by atoms with Crippen LogP contribution in [-0.2, 0) is 0 Å². The van der Waals surface area contributed by atoms with Crippen LogP contribution in [0.5, 0.6) is 0 Å². The van der Waals surface area contributed by atoms with Gasteiger partial charge in [0.15, 0.2) is 0 Å². The van der Waals surface area contributed by atoms with Crippen LogP contribution in [-0.4, -0.2) is 22.0 Å². The van der Waals surface area contributed by atoms with Crippen LogP contribution in [0.2, 0.25) is 0 Å². The Kier molecular flexibility index (Phi) is 3.74. The summed E-state index contributed by atoms with van der Waals surface area (Å²) in [5.41, 5.74) is 0.701. The molecule has 5 nitrogen and oxygen atoms in total. The van der Waals surface area contributed by atoms with Crippen molar-refractivity contribution in [1.82, 2.24) is 4.98 Å². The van der Waals surface area contributed by atoms with E-state index in [4.69, 9.17) is 5.11 Å². The van der Waals surface area contributed by atoms with Crippen molar-refractivity contribution >= 4 is 17.6 Å². The molecule has 0 saturated carbocycles. The first-order valence-electron chi connectivity index (χ1n) is 5.74. The number of halogens is 1. The number of amides is 1. The Bertz CT molecular complexity index is 686. The van der Waals surface area contributed by atoms with E-state index in [2.05, 4.69) is 10.3 Å². The topological polar surface area (TPSA) is 79.3 Å². The van der Waals surface area contributed by atoms with Crippen molar-refractivity contribution in [3.05, 3.63) is 59.2 Å². The minimum atomic E-state index is -1.14. The predicted octanol–water partition coefficient (Wildman–Crippen LogP) is 2.48. The second-order valence-electron chi connectivity index (χ2n) is 4.15. The molecule has 0 spiro atoms. The van der Waals surface area contributed by atoms with Gasteiger partial charge in [-0.15, -0.1) is 0 Å². The Balaban J connectivity index is 2.33. The molecule has 0 aliphatic carbocycles. The smallest absolute Gasteiger partial charge is 0.338 e. The van der Waals surface area contributed by atoms with Gasteiger partial charge in [0.1, 0.15) is 5.82 Å². The van der Waals surface area contributed by atoms with E-state index in [1.54, 1.807) is 19.1 Å². The van der Waals surface area contributed by atoms with Gasteiger partial charge in [-0.3, -0.25) is 9.78 Å². The number of anilines is 1. The van der Waals surface area contributed by atoms with Gasteiger partial charge in [-0.25, -0.2) is 9.18 Å². The molecule has 20 heavy (non-hydrogen) atoms. The van der Waals surface area contributed by atoms with Crippen LogP contribution < -0.4 is 5.32 Å². The molecule has 0 unspecified atom stereocenters. The number of aromatic nitrogens is 1. The molecule has 6 heteroatoms. The summed E-state index contributed by atoms with van der Waals surface area (Å²) < 4.78 is 13.0. The SMILES string of the molecule is Cc1cccc(NC(=O)c2cncc(F)c2)c1C(=O)O. The maximum atomic E-state index is 13.0. The summed E-state index contributed by atoms with van der Waals surface area (Å²) in [5.74, 6) is -2.40. The van der Waals surface area contributed by atoms with E-state index in [0.29, 0.717) is 5.56 Å². The zero-order valence-electron chi connectivity index (χ0n) is 10.6. The highest BCUT2D eigenvalue weighted by Gasteiger charge is 2.16. The lowest BCUT2D eigenvalue weighted by Gasteiger charge is -2.10. The van der Waals surface area contributed by atoms with Crippen molar-refractivity contribution in [1.29, 1.82) is 0 Å². The molecule has 2 N–H and O–H groups in total. The fraction of sp³-hybridized carbons (Fsp3) is 0.0714. The van der Waals surface area contributed by atoms with Crippen LogP contribution in [0.3, 0.4) is 0 Å². The van der Waals surface area contributed by atoms with Gasteiger partial charge >= 0.3 is 5.97 Å². The highest BCUT2D eigenvalue weighted by atomic mass is 19.1. The van der Waals surface area contributed by atoms with Crippen molar-refractivity contribution in [2.45, 2.75) is 6.92 Å². The Labute approximate surface area is 114 Å². The maximum Gasteiger partial charge on any atom is 0.338 e. The third-order valence-corrected chi connectivity index (χ3v) is 2.70. The van der Waals surface area contributed by atoms with E-state index in [-0.39, 0.29) is 16.8 Å². The average Bonchev–Trinajstić information content (AvgIpc) is 2.38. The number of aryl methyl sites for hydroxylation is 1. The summed E-state index contributed by atoms with van der Waals surface area (Å²) in [6, 6.07) is 5.75. The van der Waals surface area contributed by atoms with Gasteiger partial charge in [-0.05, 0) is 24.6 Å². The van der Waals surface area contributed by atoms with Crippen LogP contribution in [0.1, 0.15) is 26.3 Å². The molecule has 1 amide bonds. The molecule has 0 radical (unpaired) electrons. The van der Waals surface area contributed by atoms with Gasteiger partial charge in [0.05, 0.1) is 23.0 Å². The summed E-state index contributed by atoms with van der Waals surface area (Å²) in [6.45, 7) is 1.63. The van der Waals surface area contributed by atoms with E-state index in [0.717, 1.165) is 12.3 Å². The highest BCUT2D eigenvalue weighted by molar-refractivity contribution is 6.08. The molecule has 2 aromatic rings. The van der Waals surface area contributed by atoms with Gasteiger partial charge in [0.25, 0.3) is 5.91 Å². The molecule has 0 aliphatic heterocycles. The fourth-order valence-corrected chi connectivity index (χ4v) is 1.79. The molecule has 0 aliphatic rings. The zero-order chi connectivity index (χ0) is 14.7. The molecule has 1 aromatic heterocycles. The van der Waals surface area contributed by atoms with Crippen molar-refractivity contribution in [2.75, 3.05) is 5.32 Å². The van der Waals surface area contributed by atoms with Gasteiger partial charge in [0, 0.05) is 6.20 Å². The summed E-state index contributed by atoms with van der Waals surface area (Å²) >= 11 is 0. The number of carbonyl (C=O) groups excluding carboxylic acids is 1. The molecular weight excluding hydrogens is 263 g/mol. The lowest BCUT2D eigenvalue weighted by atomic mass is 10.1. The van der Waals surface area contributed by atoms with Gasteiger partial charge < -0.3 is 10.4 Å². The Morgan fingerprint density at radius 1 is 1.30 bits per heavy atom. The number of benzene rings is 1. The minimum absolute atomic E-state index is 0.00483. The first-order chi connectivity index (χ1) is 9.49. The van der Waals surface area contributed by atoms with E-state index >= 15 is 0 Å². The molecule has 0 atom stereocenters. The number of carboxylic acids is 1. The van der Waals surface area contributed by atoms with Crippen molar-refractivity contribution < 1.29 is 19.1 Å². The monoisotopic (exact) mass is 274 g/mol. The molecule has 0 bridgehead atoms.